The van der Waals surface area contributed by atoms with Gasteiger partial charge in [0.05, 0.1) is 0 Å². The third-order valence-corrected chi connectivity index (χ3v) is 2.23. The van der Waals surface area contributed by atoms with Crippen LogP contribution in [0.1, 0.15) is 0 Å². The molecule has 0 aromatic carbocycles. The van der Waals surface area contributed by atoms with Crippen molar-refractivity contribution < 1.29 is 53.1 Å². The zero-order chi connectivity index (χ0) is 15.7. The van der Waals surface area contributed by atoms with Crippen LogP contribution in [0, 0.1) is 0 Å². The van der Waals surface area contributed by atoms with Gasteiger partial charge in [-0.3, -0.25) is 4.79 Å². The van der Waals surface area contributed by atoms with Gasteiger partial charge in [0.25, 0.3) is 0 Å². The monoisotopic (exact) mass is 311 g/mol. The molecule has 13 heteroatoms. The lowest BCUT2D eigenvalue weighted by atomic mass is 10.2. The van der Waals surface area contributed by atoms with Crippen LogP contribution < -0.4 is 0 Å². The maximum absolute atomic E-state index is 12.7. The molecule has 0 amide bonds. The van der Waals surface area contributed by atoms with Gasteiger partial charge in [-0.15, -0.1) is 4.90 Å². The Labute approximate surface area is 95.3 Å². The molecule has 0 unspecified atom stereocenters. The van der Waals surface area contributed by atoms with Crippen molar-refractivity contribution in [1.29, 1.82) is 0 Å². The highest BCUT2D eigenvalue weighted by Crippen LogP contribution is 2.65. The molecule has 0 saturated carbocycles. The van der Waals surface area contributed by atoms with Crippen LogP contribution in [-0.4, -0.2) is 40.9 Å². The Morgan fingerprint density at radius 1 is 0.789 bits per heavy atom. The van der Waals surface area contributed by atoms with Crippen LogP contribution in [0.2, 0.25) is 0 Å². The molecule has 1 rings (SSSR count). The van der Waals surface area contributed by atoms with Crippen LogP contribution >= 0.6 is 0 Å². The van der Waals surface area contributed by atoms with E-state index in [9.17, 15) is 53.1 Å². The average Bonchev–Trinajstić information content (AvgIpc) is 2.20. The SMILES string of the molecule is O=C(F)C(F)(F)N1C(F)(F)C(F)(F)C(F)(F)C1(F)F. The van der Waals surface area contributed by atoms with Crippen LogP contribution in [0.25, 0.3) is 0 Å². The zero-order valence-corrected chi connectivity index (χ0v) is 8.01. The van der Waals surface area contributed by atoms with E-state index in [1.165, 1.54) is 0 Å². The molecular weight excluding hydrogens is 311 g/mol. The topological polar surface area (TPSA) is 20.3 Å². The molecule has 0 bridgehead atoms. The molecule has 1 aliphatic rings. The van der Waals surface area contributed by atoms with Gasteiger partial charge in [-0.25, -0.2) is 0 Å². The van der Waals surface area contributed by atoms with E-state index in [0.717, 1.165) is 0 Å². The van der Waals surface area contributed by atoms with Gasteiger partial charge in [-0.05, 0) is 0 Å². The summed E-state index contributed by atoms with van der Waals surface area (Å²) in [5.41, 5.74) is 0. The molecule has 1 saturated heterocycles. The second-order valence-electron chi connectivity index (χ2n) is 3.38. The number of likely N-dealkylation sites (tertiary alicyclic amines) is 1. The minimum absolute atomic E-state index is 3.42. The first-order valence-electron chi connectivity index (χ1n) is 3.95. The van der Waals surface area contributed by atoms with Crippen LogP contribution in [0.4, 0.5) is 48.3 Å². The number of rotatable bonds is 2. The summed E-state index contributed by atoms with van der Waals surface area (Å²) in [5.74, 6) is -13.9. The number of hydrogen-bond donors (Lipinski definition) is 0. The Balaban J connectivity index is 3.62. The summed E-state index contributed by atoms with van der Waals surface area (Å²) >= 11 is 0. The highest BCUT2D eigenvalue weighted by atomic mass is 19.4. The summed E-state index contributed by atoms with van der Waals surface area (Å²) in [6, 6.07) is -24.5. The van der Waals surface area contributed by atoms with Crippen molar-refractivity contribution in [3.8, 4) is 0 Å². The summed E-state index contributed by atoms with van der Waals surface area (Å²) in [5, 5.41) is 0. The maximum atomic E-state index is 12.7. The van der Waals surface area contributed by atoms with Crippen molar-refractivity contribution in [2.24, 2.45) is 0 Å². The molecule has 1 aliphatic heterocycles. The molecule has 0 aliphatic carbocycles. The summed E-state index contributed by atoms with van der Waals surface area (Å²) in [6.07, 6.45) is 0. The fourth-order valence-corrected chi connectivity index (χ4v) is 1.28. The Morgan fingerprint density at radius 3 is 1.26 bits per heavy atom. The molecule has 0 spiro atoms. The lowest BCUT2D eigenvalue weighted by Gasteiger charge is -2.31. The molecule has 112 valence electrons. The van der Waals surface area contributed by atoms with E-state index in [0.29, 0.717) is 0 Å². The highest BCUT2D eigenvalue weighted by molar-refractivity contribution is 5.76. The zero-order valence-electron chi connectivity index (χ0n) is 8.01. The maximum Gasteiger partial charge on any atom is 0.404 e. The van der Waals surface area contributed by atoms with Crippen molar-refractivity contribution in [3.05, 3.63) is 0 Å². The van der Waals surface area contributed by atoms with Gasteiger partial charge >= 0.3 is 36.0 Å². The van der Waals surface area contributed by atoms with Gasteiger partial charge in [-0.2, -0.15) is 48.3 Å². The molecular formula is C6F11NO. The summed E-state index contributed by atoms with van der Waals surface area (Å²) < 4.78 is 137. The van der Waals surface area contributed by atoms with Gasteiger partial charge in [0.15, 0.2) is 0 Å². The molecule has 1 heterocycles. The van der Waals surface area contributed by atoms with E-state index in [2.05, 4.69) is 0 Å². The second-order valence-corrected chi connectivity index (χ2v) is 3.38. The Kier molecular flexibility index (Phi) is 2.92. The molecule has 1 fully saturated rings. The normalized spacial score (nSPS) is 28.4. The first-order valence-corrected chi connectivity index (χ1v) is 3.95. The van der Waals surface area contributed by atoms with Gasteiger partial charge < -0.3 is 0 Å². The van der Waals surface area contributed by atoms with Crippen molar-refractivity contribution in [2.75, 3.05) is 0 Å². The minimum atomic E-state index is -6.96. The molecule has 19 heavy (non-hydrogen) atoms. The number of alkyl halides is 10. The van der Waals surface area contributed by atoms with Crippen molar-refractivity contribution in [1.82, 2.24) is 4.90 Å². The lowest BCUT2D eigenvalue weighted by Crippen LogP contribution is -2.61. The quantitative estimate of drug-likeness (QED) is 0.444. The minimum Gasteiger partial charge on any atom is -0.252 e. The van der Waals surface area contributed by atoms with E-state index in [1.54, 1.807) is 0 Å². The summed E-state index contributed by atoms with van der Waals surface area (Å²) in [7, 11) is 0. The fourth-order valence-electron chi connectivity index (χ4n) is 1.28. The van der Waals surface area contributed by atoms with Gasteiger partial charge in [0, 0.05) is 0 Å². The molecule has 0 aromatic rings. The van der Waals surface area contributed by atoms with E-state index in [-0.39, 0.29) is 0 Å². The van der Waals surface area contributed by atoms with E-state index in [4.69, 9.17) is 0 Å². The Morgan fingerprint density at radius 2 is 1.05 bits per heavy atom. The number of carbonyl (C=O) groups excluding carboxylic acids is 1. The second kappa shape index (κ2) is 3.49. The standard InChI is InChI=1S/C6F11NO/c7-1(19)2(8,9)18-5(14,15)3(10,11)4(12,13)6(18,16)17. The van der Waals surface area contributed by atoms with Crippen LogP contribution in [-0.2, 0) is 4.79 Å². The van der Waals surface area contributed by atoms with Crippen molar-refractivity contribution in [3.63, 3.8) is 0 Å². The summed E-state index contributed by atoms with van der Waals surface area (Å²) in [6.45, 7) is 0. The van der Waals surface area contributed by atoms with Crippen LogP contribution in [0.15, 0.2) is 0 Å². The molecule has 0 aromatic heterocycles. The molecule has 2 nitrogen and oxygen atoms in total. The van der Waals surface area contributed by atoms with E-state index < -0.39 is 40.9 Å². The summed E-state index contributed by atoms with van der Waals surface area (Å²) in [4.78, 5) is 6.21. The van der Waals surface area contributed by atoms with Gasteiger partial charge in [-0.1, -0.05) is 0 Å². The third kappa shape index (κ3) is 1.50. The predicted octanol–water partition coefficient (Wildman–Crippen LogP) is 2.85. The fraction of sp³-hybridized carbons (Fsp3) is 0.833. The number of halogens is 11. The third-order valence-electron chi connectivity index (χ3n) is 2.23. The van der Waals surface area contributed by atoms with E-state index >= 15 is 0 Å². The Bertz CT molecular complexity index is 389. The van der Waals surface area contributed by atoms with Crippen molar-refractivity contribution in [2.45, 2.75) is 30.0 Å². The number of nitrogens with zero attached hydrogens (tertiary/aromatic N) is 1. The molecule has 0 N–H and O–H groups in total. The van der Waals surface area contributed by atoms with E-state index in [1.807, 2.05) is 0 Å². The number of hydrogen-bond acceptors (Lipinski definition) is 2. The van der Waals surface area contributed by atoms with Gasteiger partial charge in [0.2, 0.25) is 0 Å². The number of carbonyl (C=O) groups is 1. The average molecular weight is 311 g/mol. The highest BCUT2D eigenvalue weighted by Gasteiger charge is 2.96. The predicted molar refractivity (Wildman–Crippen MR) is 32.7 cm³/mol. The molecule has 0 radical (unpaired) electrons. The van der Waals surface area contributed by atoms with Crippen molar-refractivity contribution >= 4 is 6.04 Å². The van der Waals surface area contributed by atoms with Gasteiger partial charge in [0.1, 0.15) is 0 Å². The molecule has 0 atom stereocenters. The first kappa shape index (κ1) is 15.9. The first-order chi connectivity index (χ1) is 8.06. The van der Waals surface area contributed by atoms with Crippen LogP contribution in [0.3, 0.4) is 0 Å². The van der Waals surface area contributed by atoms with Crippen LogP contribution in [0.5, 0.6) is 0 Å². The lowest BCUT2D eigenvalue weighted by molar-refractivity contribution is -0.352. The Hall–Kier alpha value is -1.14. The largest absolute Gasteiger partial charge is 0.404 e. The smallest absolute Gasteiger partial charge is 0.252 e.